The molecule has 0 unspecified atom stereocenters. The van der Waals surface area contributed by atoms with E-state index in [1.54, 1.807) is 0 Å². The normalized spacial score (nSPS) is 33.4. The zero-order valence-electron chi connectivity index (χ0n) is 14.3. The molecule has 126 valence electrons. The highest BCUT2D eigenvalue weighted by Gasteiger charge is 2.96. The molecule has 1 aliphatic carbocycles. The summed E-state index contributed by atoms with van der Waals surface area (Å²) in [4.78, 5) is 2.99. The highest BCUT2D eigenvalue weighted by molar-refractivity contribution is 5.93. The molecule has 1 aliphatic heterocycles. The first-order valence-electron chi connectivity index (χ1n) is 8.58. The van der Waals surface area contributed by atoms with Crippen LogP contribution in [-0.4, -0.2) is 25.0 Å². The minimum absolute atomic E-state index is 0.152. The second-order valence-corrected chi connectivity index (χ2v) is 6.26. The van der Waals surface area contributed by atoms with Crippen LogP contribution in [0.4, 0.5) is 0 Å². The van der Waals surface area contributed by atoms with Crippen molar-refractivity contribution in [3.63, 3.8) is 0 Å². The van der Waals surface area contributed by atoms with Crippen molar-refractivity contribution in [2.45, 2.75) is 58.8 Å². The Bertz CT molecular complexity index is 556. The molecule has 2 rings (SSSR count). The molecule has 3 atom stereocenters. The van der Waals surface area contributed by atoms with E-state index in [4.69, 9.17) is 15.2 Å². The third-order valence-corrected chi connectivity index (χ3v) is 5.22. The predicted molar refractivity (Wildman–Crippen MR) is 84.5 cm³/mol. The molecule has 1 heterocycles. The standard InChI is InChI=1S/C17H26N4O2/c1-4-7-8-9-10-13-15(11-18)14(20)21-17(22-5-2,23-6-3)16(13,15)12-19/h13H,4-10H2,1-3H3,(H2,20,21)/p+1/t13-,15+,16+/m0/s1. The Labute approximate surface area is 138 Å². The van der Waals surface area contributed by atoms with Crippen LogP contribution in [-0.2, 0) is 9.47 Å². The van der Waals surface area contributed by atoms with Crippen LogP contribution in [0.5, 0.6) is 0 Å². The van der Waals surface area contributed by atoms with Crippen LogP contribution in [0, 0.1) is 39.4 Å². The van der Waals surface area contributed by atoms with Crippen molar-refractivity contribution in [3.8, 4) is 12.1 Å². The zero-order valence-corrected chi connectivity index (χ0v) is 14.3. The summed E-state index contributed by atoms with van der Waals surface area (Å²) in [6.45, 7) is 6.58. The van der Waals surface area contributed by atoms with Crippen molar-refractivity contribution in [3.05, 3.63) is 0 Å². The van der Waals surface area contributed by atoms with Gasteiger partial charge in [-0.25, -0.2) is 4.99 Å². The summed E-state index contributed by atoms with van der Waals surface area (Å²) in [5, 5.41) is 19.8. The van der Waals surface area contributed by atoms with Gasteiger partial charge in [-0.1, -0.05) is 32.6 Å². The van der Waals surface area contributed by atoms with Gasteiger partial charge in [0.15, 0.2) is 10.8 Å². The van der Waals surface area contributed by atoms with Crippen molar-refractivity contribution in [2.24, 2.45) is 22.5 Å². The molecule has 23 heavy (non-hydrogen) atoms. The molecule has 0 saturated heterocycles. The molecule has 0 aromatic heterocycles. The van der Waals surface area contributed by atoms with Crippen molar-refractivity contribution in [1.82, 2.24) is 0 Å². The number of nitriles is 2. The maximum atomic E-state index is 9.97. The Morgan fingerprint density at radius 1 is 1.09 bits per heavy atom. The molecule has 1 fully saturated rings. The summed E-state index contributed by atoms with van der Waals surface area (Å²) in [6.07, 6.45) is 5.17. The van der Waals surface area contributed by atoms with Crippen molar-refractivity contribution in [1.29, 1.82) is 10.5 Å². The number of ether oxygens (including phenoxy) is 2. The number of amidine groups is 1. The van der Waals surface area contributed by atoms with Gasteiger partial charge in [-0.15, -0.1) is 0 Å². The summed E-state index contributed by atoms with van der Waals surface area (Å²) in [5.74, 6) is -1.16. The van der Waals surface area contributed by atoms with Gasteiger partial charge in [0.1, 0.15) is 0 Å². The first-order valence-corrected chi connectivity index (χ1v) is 8.58. The number of nitrogens with two attached hydrogens (primary N) is 1. The van der Waals surface area contributed by atoms with E-state index in [9.17, 15) is 10.5 Å². The van der Waals surface area contributed by atoms with Gasteiger partial charge in [-0.2, -0.15) is 10.5 Å². The molecular weight excluding hydrogens is 292 g/mol. The van der Waals surface area contributed by atoms with E-state index in [-0.39, 0.29) is 5.92 Å². The molecule has 0 radical (unpaired) electrons. The van der Waals surface area contributed by atoms with Crippen LogP contribution < -0.4 is 10.7 Å². The van der Waals surface area contributed by atoms with E-state index in [0.29, 0.717) is 19.0 Å². The lowest BCUT2D eigenvalue weighted by Crippen LogP contribution is -2.91. The molecule has 6 nitrogen and oxygen atoms in total. The second-order valence-electron chi connectivity index (χ2n) is 6.26. The van der Waals surface area contributed by atoms with Crippen molar-refractivity contribution in [2.75, 3.05) is 13.2 Å². The van der Waals surface area contributed by atoms with E-state index < -0.39 is 16.7 Å². The minimum Gasteiger partial charge on any atom is -0.314 e. The lowest BCUT2D eigenvalue weighted by Gasteiger charge is -2.29. The molecule has 0 aromatic rings. The van der Waals surface area contributed by atoms with E-state index >= 15 is 0 Å². The fraction of sp³-hybridized carbons (Fsp3) is 0.824. The molecule has 3 N–H and O–H groups in total. The second kappa shape index (κ2) is 6.47. The molecule has 0 spiro atoms. The summed E-state index contributed by atoms with van der Waals surface area (Å²) in [7, 11) is 0. The van der Waals surface area contributed by atoms with Gasteiger partial charge in [0.05, 0.1) is 25.4 Å². The molecule has 0 bridgehead atoms. The summed E-state index contributed by atoms with van der Waals surface area (Å²) in [6, 6.07) is 4.66. The van der Waals surface area contributed by atoms with Gasteiger partial charge in [-0.3, -0.25) is 5.73 Å². The van der Waals surface area contributed by atoms with Gasteiger partial charge in [-0.05, 0) is 20.3 Å². The average molecular weight is 319 g/mol. The molecule has 0 aromatic carbocycles. The Kier molecular flexibility index (Phi) is 4.98. The number of nitrogens with one attached hydrogen (secondary N) is 1. The summed E-state index contributed by atoms with van der Waals surface area (Å²) in [5.41, 5.74) is 4.07. The fourth-order valence-electron chi connectivity index (χ4n) is 4.24. The van der Waals surface area contributed by atoms with Gasteiger partial charge < -0.3 is 9.47 Å². The predicted octanol–water partition coefficient (Wildman–Crippen LogP) is 0.785. The summed E-state index contributed by atoms with van der Waals surface area (Å²) >= 11 is 0. The first kappa shape index (κ1) is 17.7. The maximum absolute atomic E-state index is 9.97. The van der Waals surface area contributed by atoms with E-state index in [1.165, 1.54) is 0 Å². The third kappa shape index (κ3) is 2.09. The van der Waals surface area contributed by atoms with Gasteiger partial charge in [0, 0.05) is 5.92 Å². The highest BCUT2D eigenvalue weighted by Crippen LogP contribution is 2.75. The quantitative estimate of drug-likeness (QED) is 0.482. The zero-order chi connectivity index (χ0) is 17.1. The average Bonchev–Trinajstić information content (AvgIpc) is 3.08. The lowest BCUT2D eigenvalue weighted by atomic mass is 9.93. The van der Waals surface area contributed by atoms with Gasteiger partial charge in [0.2, 0.25) is 0 Å². The van der Waals surface area contributed by atoms with Crippen LogP contribution >= 0.6 is 0 Å². The first-order chi connectivity index (χ1) is 11.1. The molecule has 0 amide bonds. The highest BCUT2D eigenvalue weighted by atomic mass is 16.7. The Morgan fingerprint density at radius 3 is 2.22 bits per heavy atom. The van der Waals surface area contributed by atoms with E-state index in [1.807, 2.05) is 13.8 Å². The Hall–Kier alpha value is -1.63. The smallest absolute Gasteiger partial charge is 0.314 e. The number of fused-ring (bicyclic) bond motifs is 1. The lowest BCUT2D eigenvalue weighted by molar-refractivity contribution is -0.693. The molecule has 2 aliphatic rings. The van der Waals surface area contributed by atoms with E-state index in [0.717, 1.165) is 32.1 Å². The third-order valence-electron chi connectivity index (χ3n) is 5.22. The summed E-state index contributed by atoms with van der Waals surface area (Å²) < 4.78 is 11.7. The number of rotatable bonds is 9. The van der Waals surface area contributed by atoms with Crippen LogP contribution in [0.25, 0.3) is 0 Å². The van der Waals surface area contributed by atoms with Crippen LogP contribution in [0.2, 0.25) is 0 Å². The van der Waals surface area contributed by atoms with Crippen molar-refractivity contribution >= 4 is 5.84 Å². The fourth-order valence-corrected chi connectivity index (χ4v) is 4.24. The van der Waals surface area contributed by atoms with Gasteiger partial charge >= 0.3 is 5.91 Å². The SMILES string of the molecule is CCCCCC[C@H]1[C@]2(C#N)C(N)=[NH+]C(OCC)(OCC)[C@]12C#N. The van der Waals surface area contributed by atoms with Crippen LogP contribution in [0.3, 0.4) is 0 Å². The topological polar surface area (TPSA) is 106 Å². The van der Waals surface area contributed by atoms with E-state index in [2.05, 4.69) is 24.1 Å². The molecular formula is C17H27N4O2+. The van der Waals surface area contributed by atoms with Gasteiger partial charge in [0.25, 0.3) is 5.84 Å². The largest absolute Gasteiger partial charge is 0.342 e. The number of hydrogen-bond acceptors (Lipinski definition) is 5. The van der Waals surface area contributed by atoms with Crippen LogP contribution in [0.15, 0.2) is 0 Å². The maximum Gasteiger partial charge on any atom is 0.342 e. The van der Waals surface area contributed by atoms with Crippen LogP contribution in [0.1, 0.15) is 52.9 Å². The Morgan fingerprint density at radius 2 is 1.74 bits per heavy atom. The number of unbranched alkanes of at least 4 members (excludes halogenated alkanes) is 3. The molecule has 1 saturated carbocycles. The number of hydrogen-bond donors (Lipinski definition) is 2. The Balaban J connectivity index is 2.35. The molecule has 6 heteroatoms. The minimum atomic E-state index is -1.32. The number of nitrogens with zero attached hydrogens (tertiary/aromatic N) is 2. The monoisotopic (exact) mass is 319 g/mol. The van der Waals surface area contributed by atoms with Crippen molar-refractivity contribution < 1.29 is 14.5 Å².